The van der Waals surface area contributed by atoms with Crippen LogP contribution < -0.4 is 5.32 Å². The standard InChI is InChI=1S/C17H26N4O/c1-3-4-5-6-8-13(2)19-16(22)11-10-15-20-14-9-7-12-18-17(14)21-15/h7,9,12-13H,3-6,8,10-11H2,1-2H3,(H,19,22)(H,18,20,21). The van der Waals surface area contributed by atoms with E-state index in [-0.39, 0.29) is 11.9 Å². The smallest absolute Gasteiger partial charge is 0.220 e. The maximum Gasteiger partial charge on any atom is 0.220 e. The molecule has 0 aliphatic rings. The lowest BCUT2D eigenvalue weighted by Crippen LogP contribution is -2.32. The molecule has 1 amide bonds. The van der Waals surface area contributed by atoms with E-state index in [0.717, 1.165) is 17.8 Å². The lowest BCUT2D eigenvalue weighted by atomic mass is 10.1. The Bertz CT molecular complexity index is 560. The highest BCUT2D eigenvalue weighted by atomic mass is 16.1. The van der Waals surface area contributed by atoms with E-state index in [0.29, 0.717) is 18.5 Å². The predicted molar refractivity (Wildman–Crippen MR) is 88.6 cm³/mol. The normalized spacial score (nSPS) is 12.5. The third-order valence-electron chi connectivity index (χ3n) is 3.79. The van der Waals surface area contributed by atoms with Gasteiger partial charge in [0.1, 0.15) is 5.82 Å². The maximum atomic E-state index is 12.0. The second-order valence-electron chi connectivity index (χ2n) is 5.88. The zero-order chi connectivity index (χ0) is 15.8. The van der Waals surface area contributed by atoms with Crippen LogP contribution in [-0.4, -0.2) is 26.9 Å². The molecule has 2 rings (SSSR count). The summed E-state index contributed by atoms with van der Waals surface area (Å²) in [7, 11) is 0. The van der Waals surface area contributed by atoms with Crippen molar-refractivity contribution in [1.82, 2.24) is 20.3 Å². The number of amides is 1. The zero-order valence-electron chi connectivity index (χ0n) is 13.6. The lowest BCUT2D eigenvalue weighted by molar-refractivity contribution is -0.121. The number of fused-ring (bicyclic) bond motifs is 1. The quantitative estimate of drug-likeness (QED) is 0.698. The predicted octanol–water partition coefficient (Wildman–Crippen LogP) is 3.37. The Hall–Kier alpha value is -1.91. The van der Waals surface area contributed by atoms with Crippen molar-refractivity contribution in [2.75, 3.05) is 0 Å². The summed E-state index contributed by atoms with van der Waals surface area (Å²) in [4.78, 5) is 23.7. The van der Waals surface area contributed by atoms with Gasteiger partial charge in [-0.3, -0.25) is 4.79 Å². The van der Waals surface area contributed by atoms with Gasteiger partial charge in [0.25, 0.3) is 0 Å². The molecule has 2 aromatic heterocycles. The number of nitrogens with one attached hydrogen (secondary N) is 2. The van der Waals surface area contributed by atoms with Gasteiger partial charge in [0.2, 0.25) is 5.91 Å². The number of carbonyl (C=O) groups excluding carboxylic acids is 1. The monoisotopic (exact) mass is 302 g/mol. The minimum atomic E-state index is 0.0939. The first-order valence-corrected chi connectivity index (χ1v) is 8.28. The third-order valence-corrected chi connectivity index (χ3v) is 3.79. The van der Waals surface area contributed by atoms with E-state index >= 15 is 0 Å². The first-order valence-electron chi connectivity index (χ1n) is 8.28. The van der Waals surface area contributed by atoms with Crippen LogP contribution in [-0.2, 0) is 11.2 Å². The number of carbonyl (C=O) groups is 1. The van der Waals surface area contributed by atoms with Crippen molar-refractivity contribution >= 4 is 17.1 Å². The molecule has 2 heterocycles. The first-order chi connectivity index (χ1) is 10.7. The molecule has 2 N–H and O–H groups in total. The van der Waals surface area contributed by atoms with Gasteiger partial charge in [0.15, 0.2) is 5.65 Å². The van der Waals surface area contributed by atoms with Crippen LogP contribution >= 0.6 is 0 Å². The molecular formula is C17H26N4O. The van der Waals surface area contributed by atoms with Crippen LogP contribution in [0.5, 0.6) is 0 Å². The summed E-state index contributed by atoms with van der Waals surface area (Å²) < 4.78 is 0. The molecule has 2 aromatic rings. The number of aromatic nitrogens is 3. The molecule has 0 aliphatic carbocycles. The van der Waals surface area contributed by atoms with E-state index in [1.54, 1.807) is 6.20 Å². The molecule has 1 unspecified atom stereocenters. The highest BCUT2D eigenvalue weighted by Crippen LogP contribution is 2.09. The number of nitrogens with zero attached hydrogens (tertiary/aromatic N) is 2. The average molecular weight is 302 g/mol. The maximum absolute atomic E-state index is 12.0. The highest BCUT2D eigenvalue weighted by molar-refractivity contribution is 5.76. The van der Waals surface area contributed by atoms with Crippen LogP contribution in [0.25, 0.3) is 11.2 Å². The van der Waals surface area contributed by atoms with E-state index < -0.39 is 0 Å². The van der Waals surface area contributed by atoms with Gasteiger partial charge >= 0.3 is 0 Å². The van der Waals surface area contributed by atoms with Crippen molar-refractivity contribution in [3.8, 4) is 0 Å². The number of hydrogen-bond acceptors (Lipinski definition) is 3. The highest BCUT2D eigenvalue weighted by Gasteiger charge is 2.09. The van der Waals surface area contributed by atoms with Crippen molar-refractivity contribution in [3.63, 3.8) is 0 Å². The molecule has 0 bridgehead atoms. The van der Waals surface area contributed by atoms with Gasteiger partial charge in [-0.1, -0.05) is 32.6 Å². The van der Waals surface area contributed by atoms with Crippen LogP contribution in [0.1, 0.15) is 58.2 Å². The van der Waals surface area contributed by atoms with Crippen LogP contribution in [0, 0.1) is 0 Å². The van der Waals surface area contributed by atoms with E-state index in [1.807, 2.05) is 12.1 Å². The summed E-state index contributed by atoms with van der Waals surface area (Å²) in [5, 5.41) is 3.06. The molecule has 1 atom stereocenters. The van der Waals surface area contributed by atoms with Gasteiger partial charge in [-0.25, -0.2) is 9.97 Å². The molecule has 120 valence electrons. The van der Waals surface area contributed by atoms with E-state index in [1.165, 1.54) is 25.7 Å². The molecule has 0 radical (unpaired) electrons. The van der Waals surface area contributed by atoms with Gasteiger partial charge in [-0.05, 0) is 25.5 Å². The van der Waals surface area contributed by atoms with Crippen molar-refractivity contribution in [2.24, 2.45) is 0 Å². The number of rotatable bonds is 9. The Morgan fingerprint density at radius 3 is 3.00 bits per heavy atom. The Labute approximate surface area is 131 Å². The summed E-state index contributed by atoms with van der Waals surface area (Å²) in [6.45, 7) is 4.29. The third kappa shape index (κ3) is 5.13. The Morgan fingerprint density at radius 2 is 2.23 bits per heavy atom. The fourth-order valence-corrected chi connectivity index (χ4v) is 2.54. The van der Waals surface area contributed by atoms with Crippen molar-refractivity contribution < 1.29 is 4.79 Å². The molecule has 0 aliphatic heterocycles. The minimum Gasteiger partial charge on any atom is -0.354 e. The van der Waals surface area contributed by atoms with Gasteiger partial charge in [0.05, 0.1) is 5.52 Å². The molecule has 0 saturated heterocycles. The Kier molecular flexibility index (Phi) is 6.37. The molecule has 0 fully saturated rings. The largest absolute Gasteiger partial charge is 0.354 e. The van der Waals surface area contributed by atoms with Gasteiger partial charge in [-0.15, -0.1) is 0 Å². The van der Waals surface area contributed by atoms with Crippen LogP contribution in [0.2, 0.25) is 0 Å². The van der Waals surface area contributed by atoms with Gasteiger partial charge < -0.3 is 10.3 Å². The summed E-state index contributed by atoms with van der Waals surface area (Å²) >= 11 is 0. The molecule has 0 spiro atoms. The first kappa shape index (κ1) is 16.5. The number of H-pyrrole nitrogens is 1. The number of aromatic amines is 1. The SMILES string of the molecule is CCCCCCC(C)NC(=O)CCc1nc2ncccc2[nH]1. The second kappa shape index (κ2) is 8.51. The zero-order valence-corrected chi connectivity index (χ0v) is 13.6. The second-order valence-corrected chi connectivity index (χ2v) is 5.88. The van der Waals surface area contributed by atoms with Crippen LogP contribution in [0.4, 0.5) is 0 Å². The summed E-state index contributed by atoms with van der Waals surface area (Å²) in [5.41, 5.74) is 1.63. The van der Waals surface area contributed by atoms with E-state index in [9.17, 15) is 4.79 Å². The summed E-state index contributed by atoms with van der Waals surface area (Å²) in [6, 6.07) is 4.07. The fourth-order valence-electron chi connectivity index (χ4n) is 2.54. The summed E-state index contributed by atoms with van der Waals surface area (Å²) in [6.07, 6.45) is 8.81. The van der Waals surface area contributed by atoms with Crippen molar-refractivity contribution in [1.29, 1.82) is 0 Å². The molecule has 5 nitrogen and oxygen atoms in total. The number of hydrogen-bond donors (Lipinski definition) is 2. The fraction of sp³-hybridized carbons (Fsp3) is 0.588. The number of imidazole rings is 1. The molecular weight excluding hydrogens is 276 g/mol. The molecule has 0 aromatic carbocycles. The van der Waals surface area contributed by atoms with Crippen molar-refractivity contribution in [3.05, 3.63) is 24.2 Å². The van der Waals surface area contributed by atoms with Crippen molar-refractivity contribution in [2.45, 2.75) is 64.8 Å². The molecule has 22 heavy (non-hydrogen) atoms. The minimum absolute atomic E-state index is 0.0939. The Balaban J connectivity index is 1.70. The number of aryl methyl sites for hydroxylation is 1. The summed E-state index contributed by atoms with van der Waals surface area (Å²) in [5.74, 6) is 0.913. The molecule has 0 saturated carbocycles. The molecule has 5 heteroatoms. The van der Waals surface area contributed by atoms with E-state index in [4.69, 9.17) is 0 Å². The van der Waals surface area contributed by atoms with Gasteiger partial charge in [0, 0.05) is 25.1 Å². The Morgan fingerprint density at radius 1 is 1.36 bits per heavy atom. The van der Waals surface area contributed by atoms with Gasteiger partial charge in [-0.2, -0.15) is 0 Å². The number of unbranched alkanes of at least 4 members (excludes halogenated alkanes) is 3. The number of pyridine rings is 1. The lowest BCUT2D eigenvalue weighted by Gasteiger charge is -2.13. The topological polar surface area (TPSA) is 70.7 Å². The van der Waals surface area contributed by atoms with Crippen LogP contribution in [0.3, 0.4) is 0 Å². The van der Waals surface area contributed by atoms with E-state index in [2.05, 4.69) is 34.1 Å². The van der Waals surface area contributed by atoms with Crippen LogP contribution in [0.15, 0.2) is 18.3 Å². The average Bonchev–Trinajstić information content (AvgIpc) is 2.92.